The second kappa shape index (κ2) is 9.32. The topological polar surface area (TPSA) is 73.8 Å². The summed E-state index contributed by atoms with van der Waals surface area (Å²) < 4.78 is 0. The fourth-order valence-corrected chi connectivity index (χ4v) is 5.36. The monoisotopic (exact) mass is 442 g/mol. The Morgan fingerprint density at radius 2 is 2.07 bits per heavy atom. The minimum Gasteiger partial charge on any atom is -0.332 e. The first-order valence-corrected chi connectivity index (χ1v) is 12.1. The van der Waals surface area contributed by atoms with Crippen molar-refractivity contribution in [3.05, 3.63) is 57.8 Å². The molecule has 158 valence electrons. The van der Waals surface area contributed by atoms with Crippen LogP contribution in [0.25, 0.3) is 0 Å². The van der Waals surface area contributed by atoms with Gasteiger partial charge in [0.05, 0.1) is 22.4 Å². The van der Waals surface area contributed by atoms with Crippen molar-refractivity contribution in [2.75, 3.05) is 5.75 Å². The van der Waals surface area contributed by atoms with E-state index in [-0.39, 0.29) is 35.1 Å². The summed E-state index contributed by atoms with van der Waals surface area (Å²) in [7, 11) is 0. The van der Waals surface area contributed by atoms with Crippen molar-refractivity contribution in [1.82, 2.24) is 15.6 Å². The predicted molar refractivity (Wildman–Crippen MR) is 122 cm³/mol. The van der Waals surface area contributed by atoms with Gasteiger partial charge in [-0.15, -0.1) is 23.1 Å². The number of hydrazone groups is 1. The van der Waals surface area contributed by atoms with Crippen molar-refractivity contribution in [3.63, 3.8) is 0 Å². The number of carbonyl (C=O) groups is 2. The van der Waals surface area contributed by atoms with E-state index in [1.807, 2.05) is 17.5 Å². The highest BCUT2D eigenvalue weighted by atomic mass is 32.2. The van der Waals surface area contributed by atoms with Crippen molar-refractivity contribution < 1.29 is 9.59 Å². The van der Waals surface area contributed by atoms with Gasteiger partial charge >= 0.3 is 0 Å². The van der Waals surface area contributed by atoms with Crippen LogP contribution in [-0.4, -0.2) is 39.8 Å². The van der Waals surface area contributed by atoms with Crippen LogP contribution in [0.3, 0.4) is 0 Å². The molecule has 0 saturated carbocycles. The Morgan fingerprint density at radius 3 is 2.77 bits per heavy atom. The fraction of sp³-hybridized carbons (Fsp3) is 0.409. The normalized spacial score (nSPS) is 23.9. The SMILES string of the molecule is CCC1CC(=O)NC(SCC(=O)N2N=C(c3cccs3)CC2c2ccc(C)cc2)N1. The zero-order valence-corrected chi connectivity index (χ0v) is 18.8. The maximum atomic E-state index is 13.1. The van der Waals surface area contributed by atoms with Crippen molar-refractivity contribution >= 4 is 40.6 Å². The molecular formula is C22H26N4O2S2. The van der Waals surface area contributed by atoms with Crippen molar-refractivity contribution in [2.24, 2.45) is 5.10 Å². The van der Waals surface area contributed by atoms with Crippen molar-refractivity contribution in [3.8, 4) is 0 Å². The molecule has 2 amide bonds. The summed E-state index contributed by atoms with van der Waals surface area (Å²) in [5.74, 6) is 0.229. The molecule has 3 unspecified atom stereocenters. The van der Waals surface area contributed by atoms with E-state index >= 15 is 0 Å². The molecule has 1 saturated heterocycles. The van der Waals surface area contributed by atoms with Crippen LogP contribution in [0.2, 0.25) is 0 Å². The third kappa shape index (κ3) is 4.77. The first-order valence-electron chi connectivity index (χ1n) is 10.2. The molecule has 8 heteroatoms. The Balaban J connectivity index is 1.48. The van der Waals surface area contributed by atoms with Gasteiger partial charge in [-0.1, -0.05) is 42.8 Å². The molecule has 1 aromatic heterocycles. The molecule has 1 aromatic carbocycles. The second-order valence-electron chi connectivity index (χ2n) is 7.63. The van der Waals surface area contributed by atoms with Crippen molar-refractivity contribution in [2.45, 2.75) is 50.7 Å². The first kappa shape index (κ1) is 21.1. The van der Waals surface area contributed by atoms with Gasteiger partial charge in [-0.3, -0.25) is 14.9 Å². The molecule has 2 N–H and O–H groups in total. The largest absolute Gasteiger partial charge is 0.332 e. The Kier molecular flexibility index (Phi) is 6.55. The molecule has 1 fully saturated rings. The van der Waals surface area contributed by atoms with Gasteiger partial charge in [-0.05, 0) is 30.4 Å². The zero-order chi connectivity index (χ0) is 21.1. The van der Waals surface area contributed by atoms with Crippen LogP contribution in [0.15, 0.2) is 46.9 Å². The lowest BCUT2D eigenvalue weighted by atomic mass is 10.00. The number of rotatable bonds is 6. The number of hydrogen-bond acceptors (Lipinski definition) is 6. The number of hydrogen-bond donors (Lipinski definition) is 2. The summed E-state index contributed by atoms with van der Waals surface area (Å²) in [6.45, 7) is 4.11. The number of nitrogens with zero attached hydrogens (tertiary/aromatic N) is 2. The van der Waals surface area contributed by atoms with Crippen LogP contribution in [0.1, 0.15) is 48.2 Å². The fourth-order valence-electron chi connectivity index (χ4n) is 3.70. The second-order valence-corrected chi connectivity index (χ2v) is 9.67. The van der Waals surface area contributed by atoms with E-state index in [9.17, 15) is 9.59 Å². The predicted octanol–water partition coefficient (Wildman–Crippen LogP) is 3.64. The molecule has 2 aliphatic heterocycles. The highest BCUT2D eigenvalue weighted by Gasteiger charge is 2.34. The van der Waals surface area contributed by atoms with Crippen LogP contribution >= 0.6 is 23.1 Å². The summed E-state index contributed by atoms with van der Waals surface area (Å²) >= 11 is 3.05. The highest BCUT2D eigenvalue weighted by Crippen LogP contribution is 2.34. The first-order chi connectivity index (χ1) is 14.5. The molecular weight excluding hydrogens is 416 g/mol. The zero-order valence-electron chi connectivity index (χ0n) is 17.1. The minimum absolute atomic E-state index is 0.0299. The Bertz CT molecular complexity index is 927. The number of thioether (sulfide) groups is 1. The highest BCUT2D eigenvalue weighted by molar-refractivity contribution is 8.00. The molecule has 0 radical (unpaired) electrons. The van der Waals surface area contributed by atoms with Crippen LogP contribution in [0.5, 0.6) is 0 Å². The molecule has 2 aliphatic rings. The standard InChI is InChI=1S/C22H26N4O2S2/c1-3-16-11-20(27)24-22(23-16)30-13-21(28)26-18(15-8-6-14(2)7-9-15)12-17(25-26)19-5-4-10-29-19/h4-10,16,18,22-23H,3,11-13H2,1-2H3,(H,24,27). The van der Waals surface area contributed by atoms with Crippen LogP contribution in [0.4, 0.5) is 0 Å². The number of aryl methyl sites for hydroxylation is 1. The molecule has 0 aliphatic carbocycles. The molecule has 6 nitrogen and oxygen atoms in total. The van der Waals surface area contributed by atoms with Crippen LogP contribution in [0, 0.1) is 6.92 Å². The van der Waals surface area contributed by atoms with E-state index in [4.69, 9.17) is 5.10 Å². The summed E-state index contributed by atoms with van der Waals surface area (Å²) in [6, 6.07) is 12.4. The maximum absolute atomic E-state index is 13.1. The number of nitrogens with one attached hydrogen (secondary N) is 2. The Labute approximate surface area is 185 Å². The van der Waals surface area contributed by atoms with Gasteiger partial charge in [-0.2, -0.15) is 5.10 Å². The summed E-state index contributed by atoms with van der Waals surface area (Å²) in [4.78, 5) is 26.1. The van der Waals surface area contributed by atoms with Gasteiger partial charge in [0.15, 0.2) is 0 Å². The van der Waals surface area contributed by atoms with Gasteiger partial charge in [-0.25, -0.2) is 5.01 Å². The van der Waals surface area contributed by atoms with Gasteiger partial charge in [0.1, 0.15) is 5.50 Å². The van der Waals surface area contributed by atoms with Gasteiger partial charge in [0, 0.05) is 18.9 Å². The Morgan fingerprint density at radius 1 is 1.27 bits per heavy atom. The Hall–Kier alpha value is -2.16. The molecule has 0 bridgehead atoms. The van der Waals surface area contributed by atoms with Crippen LogP contribution < -0.4 is 10.6 Å². The third-order valence-corrected chi connectivity index (χ3v) is 7.33. The lowest BCUT2D eigenvalue weighted by Gasteiger charge is -2.31. The van der Waals surface area contributed by atoms with E-state index in [0.717, 1.165) is 22.6 Å². The van der Waals surface area contributed by atoms with E-state index < -0.39 is 0 Å². The van der Waals surface area contributed by atoms with E-state index in [1.54, 1.807) is 16.3 Å². The van der Waals surface area contributed by atoms with E-state index in [0.29, 0.717) is 12.8 Å². The molecule has 3 heterocycles. The molecule has 30 heavy (non-hydrogen) atoms. The summed E-state index contributed by atoms with van der Waals surface area (Å²) in [6.07, 6.45) is 2.07. The van der Waals surface area contributed by atoms with Crippen LogP contribution in [-0.2, 0) is 9.59 Å². The van der Waals surface area contributed by atoms with Gasteiger partial charge in [0.2, 0.25) is 5.91 Å². The van der Waals surface area contributed by atoms with Gasteiger partial charge < -0.3 is 5.32 Å². The lowest BCUT2D eigenvalue weighted by Crippen LogP contribution is -2.54. The minimum atomic E-state index is -0.249. The molecule has 0 spiro atoms. The molecule has 4 rings (SSSR count). The van der Waals surface area contributed by atoms with Crippen molar-refractivity contribution in [1.29, 1.82) is 0 Å². The molecule has 3 atom stereocenters. The molecule has 2 aromatic rings. The number of amides is 2. The quantitative estimate of drug-likeness (QED) is 0.716. The average molecular weight is 443 g/mol. The lowest BCUT2D eigenvalue weighted by molar-refractivity contribution is -0.130. The number of carbonyl (C=O) groups excluding carboxylic acids is 2. The third-order valence-electron chi connectivity index (χ3n) is 5.41. The summed E-state index contributed by atoms with van der Waals surface area (Å²) in [5.41, 5.74) is 2.98. The number of benzene rings is 1. The smallest absolute Gasteiger partial charge is 0.253 e. The average Bonchev–Trinajstić information content (AvgIpc) is 3.42. The van der Waals surface area contributed by atoms with E-state index in [1.165, 1.54) is 17.3 Å². The van der Waals surface area contributed by atoms with E-state index in [2.05, 4.69) is 48.7 Å². The van der Waals surface area contributed by atoms with Gasteiger partial charge in [0.25, 0.3) is 5.91 Å². The summed E-state index contributed by atoms with van der Waals surface area (Å²) in [5, 5.41) is 14.7. The number of thiophene rings is 1. The maximum Gasteiger partial charge on any atom is 0.253 e.